The van der Waals surface area contributed by atoms with E-state index in [9.17, 15) is 9.50 Å². The first-order valence-electron chi connectivity index (χ1n) is 7.65. The van der Waals surface area contributed by atoms with E-state index in [0.717, 1.165) is 37.1 Å². The second-order valence-electron chi connectivity index (χ2n) is 6.20. The highest BCUT2D eigenvalue weighted by molar-refractivity contribution is 5.36. The predicted octanol–water partition coefficient (Wildman–Crippen LogP) is 1.62. The van der Waals surface area contributed by atoms with Crippen LogP contribution in [0.5, 0.6) is 0 Å². The maximum absolute atomic E-state index is 13.3. The molecule has 0 aromatic heterocycles. The summed E-state index contributed by atoms with van der Waals surface area (Å²) in [5.41, 5.74) is 1.80. The van der Waals surface area contributed by atoms with Crippen LogP contribution in [0, 0.1) is 5.82 Å². The molecule has 4 nitrogen and oxygen atoms in total. The third-order valence-electron chi connectivity index (χ3n) is 5.06. The lowest BCUT2D eigenvalue weighted by molar-refractivity contribution is -0.190. The van der Waals surface area contributed by atoms with Crippen molar-refractivity contribution in [3.63, 3.8) is 0 Å². The summed E-state index contributed by atoms with van der Waals surface area (Å²) in [6, 6.07) is 4.73. The lowest BCUT2D eigenvalue weighted by atomic mass is 10.00. The Kier molecular flexibility index (Phi) is 3.26. The Hall–Kier alpha value is -1.01. The van der Waals surface area contributed by atoms with Gasteiger partial charge in [0.25, 0.3) is 0 Å². The summed E-state index contributed by atoms with van der Waals surface area (Å²) in [4.78, 5) is 2.29. The summed E-state index contributed by atoms with van der Waals surface area (Å²) >= 11 is 0. The van der Waals surface area contributed by atoms with Gasteiger partial charge in [0.2, 0.25) is 0 Å². The van der Waals surface area contributed by atoms with Gasteiger partial charge >= 0.3 is 0 Å². The molecule has 0 saturated carbocycles. The molecule has 5 heteroatoms. The molecule has 2 aliphatic heterocycles. The Balaban J connectivity index is 1.47. The number of benzene rings is 1. The number of rotatable bonds is 1. The van der Waals surface area contributed by atoms with E-state index in [2.05, 4.69) is 4.90 Å². The molecule has 21 heavy (non-hydrogen) atoms. The second kappa shape index (κ2) is 5.02. The van der Waals surface area contributed by atoms with Crippen molar-refractivity contribution < 1.29 is 19.0 Å². The molecule has 2 atom stereocenters. The summed E-state index contributed by atoms with van der Waals surface area (Å²) in [6.45, 7) is 3.05. The van der Waals surface area contributed by atoms with Crippen LogP contribution in [-0.4, -0.2) is 48.1 Å². The molecule has 1 N–H and O–H groups in total. The summed E-state index contributed by atoms with van der Waals surface area (Å²) < 4.78 is 24.8. The zero-order chi connectivity index (χ0) is 14.4. The lowest BCUT2D eigenvalue weighted by Crippen LogP contribution is -2.50. The van der Waals surface area contributed by atoms with Gasteiger partial charge in [-0.1, -0.05) is 6.07 Å². The van der Waals surface area contributed by atoms with Crippen molar-refractivity contribution in [2.45, 2.75) is 37.2 Å². The monoisotopic (exact) mass is 293 g/mol. The van der Waals surface area contributed by atoms with Gasteiger partial charge in [0.1, 0.15) is 5.82 Å². The van der Waals surface area contributed by atoms with Crippen molar-refractivity contribution in [1.82, 2.24) is 4.90 Å². The summed E-state index contributed by atoms with van der Waals surface area (Å²) in [5.74, 6) is -0.620. The van der Waals surface area contributed by atoms with Gasteiger partial charge in [-0.15, -0.1) is 0 Å². The second-order valence-corrected chi connectivity index (χ2v) is 6.20. The Labute approximate surface area is 123 Å². The van der Waals surface area contributed by atoms with Gasteiger partial charge in [-0.05, 0) is 29.7 Å². The molecule has 0 unspecified atom stereocenters. The van der Waals surface area contributed by atoms with Crippen LogP contribution in [0.3, 0.4) is 0 Å². The van der Waals surface area contributed by atoms with Gasteiger partial charge in [0.15, 0.2) is 5.79 Å². The fraction of sp³-hybridized carbons (Fsp3) is 0.625. The van der Waals surface area contributed by atoms with Crippen LogP contribution in [0.25, 0.3) is 0 Å². The Morgan fingerprint density at radius 2 is 1.90 bits per heavy atom. The van der Waals surface area contributed by atoms with Crippen molar-refractivity contribution >= 4 is 0 Å². The Morgan fingerprint density at radius 3 is 2.62 bits per heavy atom. The normalized spacial score (nSPS) is 31.7. The smallest absolute Gasteiger partial charge is 0.170 e. The molecule has 1 aromatic rings. The summed E-state index contributed by atoms with van der Waals surface area (Å²) in [7, 11) is 0. The molecule has 0 bridgehead atoms. The molecule has 2 fully saturated rings. The molecule has 1 spiro atoms. The standard InChI is InChI=1S/C16H20FNO3/c17-12-1-2-13-11(9-12)10-14(15(13)19)18-5-3-16(4-6-18)20-7-8-21-16/h1-2,9,14-15,19H,3-8,10H2/t14-,15-/m1/s1. The molecule has 0 amide bonds. The maximum atomic E-state index is 13.3. The predicted molar refractivity (Wildman–Crippen MR) is 74.3 cm³/mol. The van der Waals surface area contributed by atoms with E-state index in [0.29, 0.717) is 19.6 Å². The van der Waals surface area contributed by atoms with Crippen LogP contribution in [0.1, 0.15) is 30.1 Å². The van der Waals surface area contributed by atoms with Gasteiger partial charge in [0, 0.05) is 32.0 Å². The topological polar surface area (TPSA) is 41.9 Å². The number of ether oxygens (including phenoxy) is 2. The number of nitrogens with zero attached hydrogens (tertiary/aromatic N) is 1. The molecule has 114 valence electrons. The van der Waals surface area contributed by atoms with Crippen molar-refractivity contribution in [2.24, 2.45) is 0 Å². The van der Waals surface area contributed by atoms with Gasteiger partial charge in [-0.3, -0.25) is 4.90 Å². The van der Waals surface area contributed by atoms with E-state index in [-0.39, 0.29) is 17.6 Å². The first kappa shape index (κ1) is 13.6. The van der Waals surface area contributed by atoms with E-state index >= 15 is 0 Å². The zero-order valence-electron chi connectivity index (χ0n) is 11.9. The molecular formula is C16H20FNO3. The quantitative estimate of drug-likeness (QED) is 0.854. The van der Waals surface area contributed by atoms with Crippen LogP contribution in [-0.2, 0) is 15.9 Å². The number of aliphatic hydroxyl groups excluding tert-OH is 1. The first-order chi connectivity index (χ1) is 10.2. The fourth-order valence-corrected chi connectivity index (χ4v) is 3.89. The van der Waals surface area contributed by atoms with Crippen LogP contribution >= 0.6 is 0 Å². The Morgan fingerprint density at radius 1 is 1.19 bits per heavy atom. The largest absolute Gasteiger partial charge is 0.387 e. The third-order valence-corrected chi connectivity index (χ3v) is 5.06. The van der Waals surface area contributed by atoms with E-state index in [1.54, 1.807) is 12.1 Å². The van der Waals surface area contributed by atoms with Gasteiger partial charge in [-0.25, -0.2) is 4.39 Å². The first-order valence-corrected chi connectivity index (χ1v) is 7.65. The maximum Gasteiger partial charge on any atom is 0.170 e. The summed E-state index contributed by atoms with van der Waals surface area (Å²) in [5, 5.41) is 10.5. The number of fused-ring (bicyclic) bond motifs is 1. The number of piperidine rings is 1. The highest BCUT2D eigenvalue weighted by Gasteiger charge is 2.43. The molecule has 2 heterocycles. The van der Waals surface area contributed by atoms with Crippen molar-refractivity contribution in [1.29, 1.82) is 0 Å². The van der Waals surface area contributed by atoms with Gasteiger partial charge in [-0.2, -0.15) is 0 Å². The van der Waals surface area contributed by atoms with Crippen molar-refractivity contribution in [3.8, 4) is 0 Å². The average molecular weight is 293 g/mol. The van der Waals surface area contributed by atoms with Crippen LogP contribution < -0.4 is 0 Å². The highest BCUT2D eigenvalue weighted by atomic mass is 19.1. The molecule has 1 aromatic carbocycles. The van der Waals surface area contributed by atoms with Gasteiger partial charge < -0.3 is 14.6 Å². The van der Waals surface area contributed by atoms with Crippen molar-refractivity contribution in [3.05, 3.63) is 35.1 Å². The molecule has 2 saturated heterocycles. The zero-order valence-corrected chi connectivity index (χ0v) is 11.9. The average Bonchev–Trinajstić information content (AvgIpc) is 3.06. The van der Waals surface area contributed by atoms with Crippen molar-refractivity contribution in [2.75, 3.05) is 26.3 Å². The molecule has 3 aliphatic rings. The number of hydrogen-bond acceptors (Lipinski definition) is 4. The van der Waals surface area contributed by atoms with E-state index in [1.807, 2.05) is 0 Å². The van der Waals surface area contributed by atoms with E-state index in [1.165, 1.54) is 6.07 Å². The Bertz CT molecular complexity index is 534. The van der Waals surface area contributed by atoms with Crippen LogP contribution in [0.4, 0.5) is 4.39 Å². The lowest BCUT2D eigenvalue weighted by Gasteiger charge is -2.41. The summed E-state index contributed by atoms with van der Waals surface area (Å²) in [6.07, 6.45) is 1.85. The number of hydrogen-bond donors (Lipinski definition) is 1. The minimum absolute atomic E-state index is 0.0422. The van der Waals surface area contributed by atoms with Crippen LogP contribution in [0.15, 0.2) is 18.2 Å². The minimum atomic E-state index is -0.528. The molecule has 1 aliphatic carbocycles. The van der Waals surface area contributed by atoms with E-state index < -0.39 is 6.10 Å². The highest BCUT2D eigenvalue weighted by Crippen LogP contribution is 2.38. The van der Waals surface area contributed by atoms with Crippen LogP contribution in [0.2, 0.25) is 0 Å². The molecular weight excluding hydrogens is 273 g/mol. The van der Waals surface area contributed by atoms with E-state index in [4.69, 9.17) is 9.47 Å². The molecule has 4 rings (SSSR count). The third kappa shape index (κ3) is 2.28. The van der Waals surface area contributed by atoms with Gasteiger partial charge in [0.05, 0.1) is 19.3 Å². The fourth-order valence-electron chi connectivity index (χ4n) is 3.89. The number of halogens is 1. The number of aliphatic hydroxyl groups is 1. The molecule has 0 radical (unpaired) electrons. The SMILES string of the molecule is O[C@@H]1c2ccc(F)cc2C[C@H]1N1CCC2(CC1)OCCO2. The minimum Gasteiger partial charge on any atom is -0.387 e. The number of likely N-dealkylation sites (tertiary alicyclic amines) is 1.